The molecule has 41 heavy (non-hydrogen) atoms. The van der Waals surface area contributed by atoms with Crippen LogP contribution in [0.5, 0.6) is 11.5 Å². The molecular weight excluding hydrogens is 532 g/mol. The van der Waals surface area contributed by atoms with Gasteiger partial charge in [-0.25, -0.2) is 0 Å². The van der Waals surface area contributed by atoms with Gasteiger partial charge in [0.05, 0.1) is 17.2 Å². The minimum absolute atomic E-state index is 0.00284. The minimum Gasteiger partial charge on any atom is -0.480 e. The molecule has 0 bridgehead atoms. The summed E-state index contributed by atoms with van der Waals surface area (Å²) in [5.74, 6) is -2.82. The van der Waals surface area contributed by atoms with Crippen molar-refractivity contribution in [2.45, 2.75) is 51.2 Å². The fraction of sp³-hybridized carbons (Fsp3) is 0.414. The second kappa shape index (κ2) is 12.4. The number of rotatable bonds is 13. The topological polar surface area (TPSA) is 169 Å². The van der Waals surface area contributed by atoms with Gasteiger partial charge < -0.3 is 25.2 Å². The second-order valence-electron chi connectivity index (χ2n) is 10.6. The average molecular weight is 567 g/mol. The molecule has 2 heterocycles. The number of nitrogens with two attached hydrogens (primary N) is 1. The van der Waals surface area contributed by atoms with E-state index in [1.165, 1.54) is 24.1 Å². The van der Waals surface area contributed by atoms with Gasteiger partial charge in [0.2, 0.25) is 18.6 Å². The molecule has 12 nitrogen and oxygen atoms in total. The van der Waals surface area contributed by atoms with Gasteiger partial charge in [0.1, 0.15) is 12.1 Å². The SMILES string of the molecule is CC(C)C[C@H](N[C@H](CCN1C(=O)c2cc3c(cc2C1=O)OCO3)C(=O)O)C(=O)N(C)[C@@H](Cc1ccccc1)C(N)=O. The zero-order chi connectivity index (χ0) is 29.8. The van der Waals surface area contributed by atoms with E-state index in [-0.39, 0.29) is 49.6 Å². The number of carbonyl (C=O) groups is 5. The molecule has 4 N–H and O–H groups in total. The standard InChI is InChI=1S/C29H34N4O8/c1-16(2)11-21(28(37)32(3)22(25(30)34)12-17-7-5-4-6-8-17)31-20(29(38)39)9-10-33-26(35)18-13-23-24(41-15-40-23)14-19(18)27(33)36/h4-8,13-14,16,20-22,31H,9-12,15H2,1-3H3,(H2,30,34)(H,38,39)/t20-,21+,22+/m1/s1. The summed E-state index contributed by atoms with van der Waals surface area (Å²) in [7, 11) is 1.47. The summed E-state index contributed by atoms with van der Waals surface area (Å²) in [6, 6.07) is 8.84. The molecular formula is C29H34N4O8. The predicted molar refractivity (Wildman–Crippen MR) is 146 cm³/mol. The Morgan fingerprint density at radius 3 is 2.12 bits per heavy atom. The monoisotopic (exact) mass is 566 g/mol. The van der Waals surface area contributed by atoms with Gasteiger partial charge in [-0.15, -0.1) is 0 Å². The van der Waals surface area contributed by atoms with Gasteiger partial charge in [-0.2, -0.15) is 0 Å². The Bertz CT molecular complexity index is 1300. The molecule has 12 heteroatoms. The molecule has 0 aliphatic carbocycles. The molecule has 0 fully saturated rings. The number of benzene rings is 2. The van der Waals surface area contributed by atoms with Crippen molar-refractivity contribution in [1.29, 1.82) is 0 Å². The van der Waals surface area contributed by atoms with Gasteiger partial charge in [0, 0.05) is 20.0 Å². The van der Waals surface area contributed by atoms with Crippen LogP contribution in [-0.4, -0.2) is 83.0 Å². The molecule has 4 amide bonds. The highest BCUT2D eigenvalue weighted by molar-refractivity contribution is 6.21. The molecule has 4 rings (SSSR count). The smallest absolute Gasteiger partial charge is 0.320 e. The van der Waals surface area contributed by atoms with Crippen LogP contribution in [0, 0.1) is 5.92 Å². The number of aliphatic carboxylic acids is 1. The fourth-order valence-electron chi connectivity index (χ4n) is 5.04. The Kier molecular flexibility index (Phi) is 8.92. The summed E-state index contributed by atoms with van der Waals surface area (Å²) in [6.45, 7) is 3.57. The fourth-order valence-corrected chi connectivity index (χ4v) is 5.04. The maximum atomic E-state index is 13.6. The number of fused-ring (bicyclic) bond motifs is 2. The van der Waals surface area contributed by atoms with E-state index < -0.39 is 47.7 Å². The zero-order valence-electron chi connectivity index (χ0n) is 23.2. The highest BCUT2D eigenvalue weighted by Crippen LogP contribution is 2.38. The lowest BCUT2D eigenvalue weighted by Gasteiger charge is -2.32. The first-order valence-electron chi connectivity index (χ1n) is 13.4. The number of likely N-dealkylation sites (N-methyl/N-ethyl adjacent to an activating group) is 1. The second-order valence-corrected chi connectivity index (χ2v) is 10.6. The van der Waals surface area contributed by atoms with Crippen molar-refractivity contribution in [3.05, 3.63) is 59.2 Å². The molecule has 0 aromatic heterocycles. The van der Waals surface area contributed by atoms with Crippen molar-refractivity contribution in [3.63, 3.8) is 0 Å². The molecule has 2 aromatic carbocycles. The van der Waals surface area contributed by atoms with Gasteiger partial charge in [-0.1, -0.05) is 44.2 Å². The van der Waals surface area contributed by atoms with Gasteiger partial charge in [0.15, 0.2) is 11.5 Å². The van der Waals surface area contributed by atoms with E-state index in [1.54, 1.807) is 0 Å². The molecule has 0 radical (unpaired) electrons. The molecule has 0 spiro atoms. The van der Waals surface area contributed by atoms with E-state index in [0.717, 1.165) is 10.5 Å². The Morgan fingerprint density at radius 1 is 1.02 bits per heavy atom. The van der Waals surface area contributed by atoms with Crippen LogP contribution in [0.4, 0.5) is 0 Å². The molecule has 2 aromatic rings. The van der Waals surface area contributed by atoms with Crippen LogP contribution in [-0.2, 0) is 20.8 Å². The third-order valence-corrected chi connectivity index (χ3v) is 7.23. The minimum atomic E-state index is -1.27. The number of primary amides is 1. The van der Waals surface area contributed by atoms with Crippen molar-refractivity contribution >= 4 is 29.6 Å². The van der Waals surface area contributed by atoms with Gasteiger partial charge >= 0.3 is 5.97 Å². The van der Waals surface area contributed by atoms with Crippen LogP contribution in [0.15, 0.2) is 42.5 Å². The van der Waals surface area contributed by atoms with Crippen LogP contribution in [0.3, 0.4) is 0 Å². The summed E-state index contributed by atoms with van der Waals surface area (Å²) < 4.78 is 10.6. The van der Waals surface area contributed by atoms with E-state index in [1.807, 2.05) is 44.2 Å². The van der Waals surface area contributed by atoms with E-state index in [0.29, 0.717) is 11.5 Å². The third kappa shape index (κ3) is 6.49. The van der Waals surface area contributed by atoms with Gasteiger partial charge in [-0.3, -0.25) is 34.2 Å². The molecule has 0 saturated carbocycles. The van der Waals surface area contributed by atoms with Crippen LogP contribution in [0.1, 0.15) is 53.0 Å². The first-order chi connectivity index (χ1) is 19.5. The Labute approximate surface area is 237 Å². The largest absolute Gasteiger partial charge is 0.480 e. The van der Waals surface area contributed by atoms with Crippen molar-refractivity contribution in [1.82, 2.24) is 15.1 Å². The normalized spacial score (nSPS) is 16.0. The number of hydrogen-bond donors (Lipinski definition) is 3. The number of carboxylic acids is 1. The molecule has 0 unspecified atom stereocenters. The van der Waals surface area contributed by atoms with Crippen molar-refractivity contribution in [2.24, 2.45) is 11.7 Å². The summed E-state index contributed by atoms with van der Waals surface area (Å²) in [6.07, 6.45) is 0.332. The van der Waals surface area contributed by atoms with Crippen molar-refractivity contribution in [2.75, 3.05) is 20.4 Å². The Hall–Kier alpha value is -4.45. The lowest BCUT2D eigenvalue weighted by Crippen LogP contribution is -2.56. The van der Waals surface area contributed by atoms with E-state index in [4.69, 9.17) is 15.2 Å². The summed E-state index contributed by atoms with van der Waals surface area (Å²) in [5.41, 5.74) is 6.78. The summed E-state index contributed by atoms with van der Waals surface area (Å²) >= 11 is 0. The number of ether oxygens (including phenoxy) is 2. The first-order valence-corrected chi connectivity index (χ1v) is 13.4. The summed E-state index contributed by atoms with van der Waals surface area (Å²) in [5, 5.41) is 12.9. The molecule has 2 aliphatic rings. The number of carboxylic acid groups (broad SMARTS) is 1. The predicted octanol–water partition coefficient (Wildman–Crippen LogP) is 1.41. The Morgan fingerprint density at radius 2 is 1.61 bits per heavy atom. The third-order valence-electron chi connectivity index (χ3n) is 7.23. The number of imide groups is 1. The average Bonchev–Trinajstić information content (AvgIpc) is 3.49. The van der Waals surface area contributed by atoms with E-state index in [9.17, 15) is 29.1 Å². The Balaban J connectivity index is 1.47. The maximum Gasteiger partial charge on any atom is 0.320 e. The molecule has 3 atom stereocenters. The van der Waals surface area contributed by atoms with Crippen LogP contribution >= 0.6 is 0 Å². The van der Waals surface area contributed by atoms with Crippen LogP contribution in [0.2, 0.25) is 0 Å². The number of hydrogen-bond acceptors (Lipinski definition) is 8. The highest BCUT2D eigenvalue weighted by Gasteiger charge is 2.39. The molecule has 218 valence electrons. The first kappa shape index (κ1) is 29.5. The van der Waals surface area contributed by atoms with Crippen molar-refractivity contribution < 1.29 is 38.6 Å². The number of amides is 4. The number of nitrogens with one attached hydrogen (secondary N) is 1. The van der Waals surface area contributed by atoms with Gasteiger partial charge in [-0.05, 0) is 36.5 Å². The maximum absolute atomic E-state index is 13.6. The lowest BCUT2D eigenvalue weighted by atomic mass is 9.99. The summed E-state index contributed by atoms with van der Waals surface area (Å²) in [4.78, 5) is 66.4. The van der Waals surface area contributed by atoms with Gasteiger partial charge in [0.25, 0.3) is 11.8 Å². The van der Waals surface area contributed by atoms with Crippen LogP contribution < -0.4 is 20.5 Å². The molecule has 0 saturated heterocycles. The molecule has 2 aliphatic heterocycles. The highest BCUT2D eigenvalue weighted by atomic mass is 16.7. The number of nitrogens with zero attached hydrogens (tertiary/aromatic N) is 2. The quantitative estimate of drug-likeness (QED) is 0.304. The van der Waals surface area contributed by atoms with E-state index in [2.05, 4.69) is 5.32 Å². The lowest BCUT2D eigenvalue weighted by molar-refractivity contribution is -0.143. The van der Waals surface area contributed by atoms with Crippen molar-refractivity contribution in [3.8, 4) is 11.5 Å². The van der Waals surface area contributed by atoms with E-state index >= 15 is 0 Å². The van der Waals surface area contributed by atoms with Crippen LogP contribution in [0.25, 0.3) is 0 Å². The zero-order valence-corrected chi connectivity index (χ0v) is 23.2. The number of carbonyl (C=O) groups excluding carboxylic acids is 4.